The molecule has 177 valence electrons. The van der Waals surface area contributed by atoms with Crippen molar-refractivity contribution in [2.75, 3.05) is 19.6 Å². The molecule has 2 amide bonds. The van der Waals surface area contributed by atoms with Gasteiger partial charge in [0.2, 0.25) is 0 Å². The summed E-state index contributed by atoms with van der Waals surface area (Å²) in [7, 11) is 0. The number of nitrogens with one attached hydrogen (secondary N) is 3. The van der Waals surface area contributed by atoms with Crippen LogP contribution < -0.4 is 11.1 Å². The molecule has 1 fully saturated rings. The third-order valence-electron chi connectivity index (χ3n) is 4.49. The summed E-state index contributed by atoms with van der Waals surface area (Å²) in [6.45, 7) is -1.26. The Labute approximate surface area is 199 Å². The molecule has 1 heterocycles. The molecular formula is C18H17F6N6O2Pb. The van der Waals surface area contributed by atoms with Crippen LogP contribution in [0.4, 0.5) is 26.3 Å². The first-order valence-corrected chi connectivity index (χ1v) is 11.4. The normalized spacial score (nSPS) is 16.0. The molecule has 3 radical (unpaired) electrons. The van der Waals surface area contributed by atoms with Crippen LogP contribution in [0, 0.1) is 28.3 Å². The van der Waals surface area contributed by atoms with Gasteiger partial charge in [-0.25, -0.2) is 0 Å². The van der Waals surface area contributed by atoms with Crippen molar-refractivity contribution in [3.05, 3.63) is 46.9 Å². The van der Waals surface area contributed by atoms with Gasteiger partial charge in [0.25, 0.3) is 0 Å². The molecule has 0 bridgehead atoms. The molecule has 1 aromatic rings. The molecule has 1 aliphatic rings. The van der Waals surface area contributed by atoms with E-state index in [4.69, 9.17) is 16.6 Å². The molecule has 1 saturated heterocycles. The number of amides is 2. The summed E-state index contributed by atoms with van der Waals surface area (Å²) < 4.78 is 78.1. The Hall–Kier alpha value is -2.66. The number of benzene rings is 1. The molecule has 0 aromatic heterocycles. The number of hydrogen-bond acceptors (Lipinski definition) is 5. The Bertz CT molecular complexity index is 1010. The van der Waals surface area contributed by atoms with Gasteiger partial charge in [0.15, 0.2) is 0 Å². The Morgan fingerprint density at radius 2 is 1.79 bits per heavy atom. The first-order chi connectivity index (χ1) is 15.2. The van der Waals surface area contributed by atoms with E-state index < -0.39 is 70.2 Å². The van der Waals surface area contributed by atoms with Gasteiger partial charge in [-0.1, -0.05) is 0 Å². The fraction of sp³-hybridized carbons (Fsp3) is 0.333. The molecule has 1 aliphatic heterocycles. The van der Waals surface area contributed by atoms with Crippen LogP contribution in [-0.4, -0.2) is 88.5 Å². The van der Waals surface area contributed by atoms with E-state index in [1.54, 1.807) is 0 Å². The zero-order valence-electron chi connectivity index (χ0n) is 16.7. The maximum absolute atomic E-state index is 14.1. The van der Waals surface area contributed by atoms with E-state index in [1.807, 2.05) is 0 Å². The summed E-state index contributed by atoms with van der Waals surface area (Å²) in [6.07, 6.45) is -4.48. The van der Waals surface area contributed by atoms with E-state index >= 15 is 0 Å². The number of rotatable bonds is 6. The van der Waals surface area contributed by atoms with Gasteiger partial charge >= 0.3 is 200 Å². The summed E-state index contributed by atoms with van der Waals surface area (Å²) >= 11 is 0.180. The fourth-order valence-electron chi connectivity index (χ4n) is 2.83. The van der Waals surface area contributed by atoms with Crippen LogP contribution in [0.2, 0.25) is 0 Å². The number of allylic oxidation sites excluding steroid dienone is 1. The maximum atomic E-state index is 14.1. The van der Waals surface area contributed by atoms with Crippen LogP contribution >= 0.6 is 0 Å². The second-order valence-electron chi connectivity index (χ2n) is 6.89. The molecule has 33 heavy (non-hydrogen) atoms. The predicted molar refractivity (Wildman–Crippen MR) is 105 cm³/mol. The standard InChI is InChI=1S/C18H17F6N6O2.Pb/c19-11-6-13(21)12(20)4-9(11)3-10(28-7-15(26)31)5-16(32)29-1-2-30(14(25)8-29)17(27)18(22,23)24;/h4-7,25,27-28H,1-3,8H2,(H2,26,31);/b10-5-,25-14?,27-17?;. The van der Waals surface area contributed by atoms with Crippen molar-refractivity contribution in [1.29, 1.82) is 10.8 Å². The Morgan fingerprint density at radius 1 is 1.18 bits per heavy atom. The molecule has 1 atom stereocenters. The molecular weight excluding hydrogens is 653 g/mol. The van der Waals surface area contributed by atoms with Gasteiger partial charge in [-0.3, -0.25) is 0 Å². The first kappa shape index (κ1) is 26.6. The number of halogens is 6. The van der Waals surface area contributed by atoms with E-state index in [1.165, 1.54) is 0 Å². The van der Waals surface area contributed by atoms with Crippen LogP contribution in [0.3, 0.4) is 0 Å². The van der Waals surface area contributed by atoms with Crippen molar-refractivity contribution in [3.8, 4) is 0 Å². The van der Waals surface area contributed by atoms with Crippen molar-refractivity contribution in [2.24, 2.45) is 5.73 Å². The van der Waals surface area contributed by atoms with Crippen molar-refractivity contribution in [2.45, 2.75) is 16.2 Å². The van der Waals surface area contributed by atoms with Crippen LogP contribution in [0.25, 0.3) is 0 Å². The SMILES string of the molecule is N=C1CN(C(=O)/C=C(/Cc2cc(F)c(F)cc2F)N[CH]([Pb])C(N)=O)CCN1C(=N)C(F)(F)F. The summed E-state index contributed by atoms with van der Waals surface area (Å²) in [5, 5.41) is 17.5. The predicted octanol–water partition coefficient (Wildman–Crippen LogP) is 0.761. The van der Waals surface area contributed by atoms with Crippen molar-refractivity contribution in [3.63, 3.8) is 0 Å². The van der Waals surface area contributed by atoms with Crippen molar-refractivity contribution in [1.82, 2.24) is 15.1 Å². The number of carbonyl (C=O) groups excluding carboxylic acids is 2. The second-order valence-corrected chi connectivity index (χ2v) is 9.13. The monoisotopic (exact) mass is 671 g/mol. The van der Waals surface area contributed by atoms with Gasteiger partial charge in [0.05, 0.1) is 0 Å². The van der Waals surface area contributed by atoms with E-state index in [-0.39, 0.29) is 43.6 Å². The zero-order chi connectivity index (χ0) is 25.1. The third-order valence-corrected chi connectivity index (χ3v) is 6.16. The molecule has 0 spiro atoms. The van der Waals surface area contributed by atoms with Gasteiger partial charge in [0.1, 0.15) is 0 Å². The van der Waals surface area contributed by atoms with E-state index in [0.29, 0.717) is 17.0 Å². The second kappa shape index (κ2) is 10.5. The molecule has 5 N–H and O–H groups in total. The van der Waals surface area contributed by atoms with Crippen LogP contribution in [0.1, 0.15) is 5.56 Å². The zero-order valence-corrected chi connectivity index (χ0v) is 20.6. The minimum atomic E-state index is -4.96. The Balaban J connectivity index is 2.24. The number of primary amides is 1. The summed E-state index contributed by atoms with van der Waals surface area (Å²) in [4.78, 5) is 25.5. The molecule has 0 aliphatic carbocycles. The van der Waals surface area contributed by atoms with E-state index in [2.05, 4.69) is 5.32 Å². The number of nitrogens with two attached hydrogens (primary N) is 1. The van der Waals surface area contributed by atoms with Crippen LogP contribution in [0.15, 0.2) is 23.9 Å². The van der Waals surface area contributed by atoms with Crippen LogP contribution in [-0.2, 0) is 16.0 Å². The Morgan fingerprint density at radius 3 is 2.33 bits per heavy atom. The number of amidine groups is 2. The average Bonchev–Trinajstić information content (AvgIpc) is 2.70. The first-order valence-electron chi connectivity index (χ1n) is 9.11. The summed E-state index contributed by atoms with van der Waals surface area (Å²) in [5.41, 5.74) is 4.81. The number of nitrogens with zero attached hydrogens (tertiary/aromatic N) is 2. The van der Waals surface area contributed by atoms with E-state index in [0.717, 1.165) is 11.0 Å². The third kappa shape index (κ3) is 6.91. The average molecular weight is 671 g/mol. The fourth-order valence-corrected chi connectivity index (χ4v) is 3.55. The Kier molecular flexibility index (Phi) is 8.47. The van der Waals surface area contributed by atoms with Crippen molar-refractivity contribution < 1.29 is 35.9 Å². The van der Waals surface area contributed by atoms with Crippen LogP contribution in [0.5, 0.6) is 0 Å². The number of carbonyl (C=O) groups is 2. The number of piperazine rings is 1. The molecule has 1 aromatic carbocycles. The quantitative estimate of drug-likeness (QED) is 0.0891. The van der Waals surface area contributed by atoms with Gasteiger partial charge in [-0.15, -0.1) is 0 Å². The topological polar surface area (TPSA) is 126 Å². The van der Waals surface area contributed by atoms with Gasteiger partial charge < -0.3 is 0 Å². The van der Waals surface area contributed by atoms with Gasteiger partial charge in [0, 0.05) is 0 Å². The number of alkyl halides is 3. The van der Waals surface area contributed by atoms with E-state index in [9.17, 15) is 35.9 Å². The molecule has 1 unspecified atom stereocenters. The van der Waals surface area contributed by atoms with Gasteiger partial charge in [-0.05, 0) is 0 Å². The summed E-state index contributed by atoms with van der Waals surface area (Å²) in [5.74, 6) is -7.76. The molecule has 2 rings (SSSR count). The van der Waals surface area contributed by atoms with Crippen molar-refractivity contribution >= 4 is 49.3 Å². The summed E-state index contributed by atoms with van der Waals surface area (Å²) in [6, 6.07) is 0.917. The number of hydrogen-bond donors (Lipinski definition) is 4. The molecule has 0 saturated carbocycles. The molecule has 8 nitrogen and oxygen atoms in total. The molecule has 15 heteroatoms. The van der Waals surface area contributed by atoms with Gasteiger partial charge in [-0.2, -0.15) is 0 Å². The minimum absolute atomic E-state index is 0.0688.